The Morgan fingerprint density at radius 2 is 1.96 bits per heavy atom. The monoisotopic (exact) mass is 308 g/mol. The molecule has 0 saturated heterocycles. The van der Waals surface area contributed by atoms with E-state index in [-0.39, 0.29) is 5.91 Å². The highest BCUT2D eigenvalue weighted by Gasteiger charge is 2.09. The van der Waals surface area contributed by atoms with E-state index in [9.17, 15) is 4.79 Å². The van der Waals surface area contributed by atoms with Crippen molar-refractivity contribution >= 4 is 11.6 Å². The number of nitrogens with one attached hydrogen (secondary N) is 1. The van der Waals surface area contributed by atoms with Crippen LogP contribution in [0.5, 0.6) is 5.75 Å². The Kier molecular flexibility index (Phi) is 4.05. The first-order chi connectivity index (χ1) is 11.2. The highest BCUT2D eigenvalue weighted by molar-refractivity contribution is 6.04. The normalized spacial score (nSPS) is 10.3. The van der Waals surface area contributed by atoms with E-state index in [1.54, 1.807) is 30.3 Å². The van der Waals surface area contributed by atoms with E-state index in [0.29, 0.717) is 17.0 Å². The van der Waals surface area contributed by atoms with Crippen molar-refractivity contribution in [1.29, 1.82) is 0 Å². The largest absolute Gasteiger partial charge is 0.496 e. The Labute approximate surface area is 133 Å². The Hall–Kier alpha value is -3.15. The lowest BCUT2D eigenvalue weighted by molar-refractivity contribution is 0.102. The SMILES string of the molecule is COc1cc(C(=O)Nc2ccc(-n3cncn3)cc2)ccc1C. The van der Waals surface area contributed by atoms with Crippen molar-refractivity contribution in [3.05, 3.63) is 66.2 Å². The maximum atomic E-state index is 12.3. The number of benzene rings is 2. The lowest BCUT2D eigenvalue weighted by Gasteiger charge is -2.09. The van der Waals surface area contributed by atoms with E-state index >= 15 is 0 Å². The van der Waals surface area contributed by atoms with Crippen LogP contribution in [0, 0.1) is 6.92 Å². The molecule has 0 spiro atoms. The number of methoxy groups -OCH3 is 1. The minimum Gasteiger partial charge on any atom is -0.496 e. The molecule has 6 nitrogen and oxygen atoms in total. The molecule has 1 N–H and O–H groups in total. The van der Waals surface area contributed by atoms with Gasteiger partial charge in [0, 0.05) is 11.3 Å². The average Bonchev–Trinajstić information content (AvgIpc) is 3.10. The van der Waals surface area contributed by atoms with Gasteiger partial charge in [0.15, 0.2) is 0 Å². The van der Waals surface area contributed by atoms with Crippen LogP contribution in [-0.4, -0.2) is 27.8 Å². The Bertz CT molecular complexity index is 811. The molecule has 3 aromatic rings. The minimum atomic E-state index is -0.184. The number of rotatable bonds is 4. The predicted molar refractivity (Wildman–Crippen MR) is 87.0 cm³/mol. The molecular weight excluding hydrogens is 292 g/mol. The zero-order chi connectivity index (χ0) is 16.2. The Morgan fingerprint density at radius 3 is 2.61 bits per heavy atom. The summed E-state index contributed by atoms with van der Waals surface area (Å²) in [7, 11) is 1.59. The summed E-state index contributed by atoms with van der Waals surface area (Å²) in [5, 5.41) is 6.92. The van der Waals surface area contributed by atoms with Crippen LogP contribution in [0.1, 0.15) is 15.9 Å². The second kappa shape index (κ2) is 6.31. The van der Waals surface area contributed by atoms with Crippen molar-refractivity contribution in [2.24, 2.45) is 0 Å². The summed E-state index contributed by atoms with van der Waals surface area (Å²) in [6, 6.07) is 12.7. The molecule has 1 amide bonds. The van der Waals surface area contributed by atoms with Crippen LogP contribution in [0.25, 0.3) is 5.69 Å². The van der Waals surface area contributed by atoms with Gasteiger partial charge >= 0.3 is 0 Å². The van der Waals surface area contributed by atoms with Crippen LogP contribution in [0.2, 0.25) is 0 Å². The summed E-state index contributed by atoms with van der Waals surface area (Å²) in [5.74, 6) is 0.510. The van der Waals surface area contributed by atoms with Gasteiger partial charge in [-0.2, -0.15) is 5.10 Å². The summed E-state index contributed by atoms with van der Waals surface area (Å²) >= 11 is 0. The molecule has 1 heterocycles. The number of ether oxygens (including phenoxy) is 1. The lowest BCUT2D eigenvalue weighted by Crippen LogP contribution is -2.12. The fourth-order valence-electron chi connectivity index (χ4n) is 2.20. The summed E-state index contributed by atoms with van der Waals surface area (Å²) in [6.07, 6.45) is 3.09. The van der Waals surface area contributed by atoms with Crippen molar-refractivity contribution in [2.75, 3.05) is 12.4 Å². The van der Waals surface area contributed by atoms with Crippen molar-refractivity contribution in [1.82, 2.24) is 14.8 Å². The molecule has 0 radical (unpaired) electrons. The van der Waals surface area contributed by atoms with Gasteiger partial charge in [-0.05, 0) is 48.9 Å². The quantitative estimate of drug-likeness (QED) is 0.804. The molecule has 2 aromatic carbocycles. The molecule has 1 aromatic heterocycles. The Balaban J connectivity index is 1.75. The van der Waals surface area contributed by atoms with E-state index < -0.39 is 0 Å². The van der Waals surface area contributed by atoms with Crippen molar-refractivity contribution in [3.8, 4) is 11.4 Å². The van der Waals surface area contributed by atoms with E-state index in [0.717, 1.165) is 11.3 Å². The van der Waals surface area contributed by atoms with Crippen LogP contribution in [0.4, 0.5) is 5.69 Å². The molecule has 0 aliphatic rings. The summed E-state index contributed by atoms with van der Waals surface area (Å²) < 4.78 is 6.90. The molecule has 0 unspecified atom stereocenters. The number of nitrogens with zero attached hydrogens (tertiary/aromatic N) is 3. The first-order valence-corrected chi connectivity index (χ1v) is 7.08. The maximum Gasteiger partial charge on any atom is 0.255 e. The Morgan fingerprint density at radius 1 is 1.17 bits per heavy atom. The zero-order valence-corrected chi connectivity index (χ0v) is 12.9. The van der Waals surface area contributed by atoms with Crippen LogP contribution in [0.3, 0.4) is 0 Å². The number of hydrogen-bond donors (Lipinski definition) is 1. The van der Waals surface area contributed by atoms with E-state index in [2.05, 4.69) is 15.4 Å². The van der Waals surface area contributed by atoms with E-state index in [4.69, 9.17) is 4.74 Å². The molecule has 116 valence electrons. The van der Waals surface area contributed by atoms with Gasteiger partial charge in [-0.15, -0.1) is 0 Å². The summed E-state index contributed by atoms with van der Waals surface area (Å²) in [6.45, 7) is 1.93. The molecule has 3 rings (SSSR count). The maximum absolute atomic E-state index is 12.3. The molecule has 0 fully saturated rings. The standard InChI is InChI=1S/C17H16N4O2/c1-12-3-4-13(9-16(12)23-2)17(22)20-14-5-7-15(8-6-14)21-11-18-10-19-21/h3-11H,1-2H3,(H,20,22). The van der Waals surface area contributed by atoms with Gasteiger partial charge < -0.3 is 10.1 Å². The van der Waals surface area contributed by atoms with Gasteiger partial charge in [-0.1, -0.05) is 6.07 Å². The van der Waals surface area contributed by atoms with E-state index in [1.807, 2.05) is 37.3 Å². The van der Waals surface area contributed by atoms with Gasteiger partial charge in [0.25, 0.3) is 5.91 Å². The first kappa shape index (κ1) is 14.8. The third kappa shape index (κ3) is 3.21. The van der Waals surface area contributed by atoms with Crippen molar-refractivity contribution < 1.29 is 9.53 Å². The topological polar surface area (TPSA) is 69.0 Å². The van der Waals surface area contributed by atoms with Crippen molar-refractivity contribution in [3.63, 3.8) is 0 Å². The number of aromatic nitrogens is 3. The average molecular weight is 308 g/mol. The molecule has 0 saturated carbocycles. The summed E-state index contributed by atoms with van der Waals surface area (Å²) in [5.41, 5.74) is 3.12. The third-order valence-corrected chi connectivity index (χ3v) is 3.48. The molecule has 0 aliphatic carbocycles. The van der Waals surface area contributed by atoms with Crippen LogP contribution in [-0.2, 0) is 0 Å². The highest BCUT2D eigenvalue weighted by atomic mass is 16.5. The summed E-state index contributed by atoms with van der Waals surface area (Å²) in [4.78, 5) is 16.2. The molecular formula is C17H16N4O2. The van der Waals surface area contributed by atoms with Gasteiger partial charge in [-0.3, -0.25) is 4.79 Å². The number of aryl methyl sites for hydroxylation is 1. The number of amides is 1. The molecule has 0 atom stereocenters. The molecule has 6 heteroatoms. The minimum absolute atomic E-state index is 0.184. The van der Waals surface area contributed by atoms with Gasteiger partial charge in [0.2, 0.25) is 0 Å². The predicted octanol–water partition coefficient (Wildman–Crippen LogP) is 2.84. The fraction of sp³-hybridized carbons (Fsp3) is 0.118. The van der Waals surface area contributed by atoms with Crippen LogP contribution < -0.4 is 10.1 Å². The molecule has 0 bridgehead atoms. The number of anilines is 1. The zero-order valence-electron chi connectivity index (χ0n) is 12.9. The number of carbonyl (C=O) groups excluding carboxylic acids is 1. The van der Waals surface area contributed by atoms with Gasteiger partial charge in [-0.25, -0.2) is 9.67 Å². The molecule has 23 heavy (non-hydrogen) atoms. The number of carbonyl (C=O) groups is 1. The second-order valence-electron chi connectivity index (χ2n) is 5.03. The first-order valence-electron chi connectivity index (χ1n) is 7.08. The van der Waals surface area contributed by atoms with Crippen molar-refractivity contribution in [2.45, 2.75) is 6.92 Å². The van der Waals surface area contributed by atoms with Crippen LogP contribution in [0.15, 0.2) is 55.1 Å². The van der Waals surface area contributed by atoms with Gasteiger partial charge in [0.05, 0.1) is 12.8 Å². The highest BCUT2D eigenvalue weighted by Crippen LogP contribution is 2.20. The van der Waals surface area contributed by atoms with Gasteiger partial charge in [0.1, 0.15) is 18.4 Å². The second-order valence-corrected chi connectivity index (χ2v) is 5.03. The van der Waals surface area contributed by atoms with Crippen LogP contribution >= 0.6 is 0 Å². The lowest BCUT2D eigenvalue weighted by atomic mass is 10.1. The molecule has 0 aliphatic heterocycles. The fourth-order valence-corrected chi connectivity index (χ4v) is 2.20. The smallest absolute Gasteiger partial charge is 0.255 e. The van der Waals surface area contributed by atoms with E-state index in [1.165, 1.54) is 6.33 Å². The number of hydrogen-bond acceptors (Lipinski definition) is 4. The third-order valence-electron chi connectivity index (χ3n) is 3.48.